The number of alkyl halides is 5. The van der Waals surface area contributed by atoms with Gasteiger partial charge in [0.1, 0.15) is 41.7 Å². The lowest BCUT2D eigenvalue weighted by molar-refractivity contribution is -0.142. The average Bonchev–Trinajstić information content (AvgIpc) is 3.36. The Kier molecular flexibility index (Phi) is 10.3. The Hall–Kier alpha value is -5.88. The normalized spacial score (nSPS) is 18.5. The van der Waals surface area contributed by atoms with E-state index < -0.39 is 99.1 Å². The third-order valence-corrected chi connectivity index (χ3v) is 11.8. The first-order chi connectivity index (χ1) is 28.9. The van der Waals surface area contributed by atoms with Crippen LogP contribution in [0.5, 0.6) is 0 Å². The summed E-state index contributed by atoms with van der Waals surface area (Å²) in [5, 5.41) is 10.7. The zero-order valence-corrected chi connectivity index (χ0v) is 34.5. The van der Waals surface area contributed by atoms with Gasteiger partial charge in [0, 0.05) is 35.7 Å². The van der Waals surface area contributed by atoms with Crippen LogP contribution in [-0.4, -0.2) is 74.8 Å². The number of halogens is 8. The smallest absolute Gasteiger partial charge is 0.435 e. The number of anilines is 1. The second kappa shape index (κ2) is 14.9. The molecule has 2 fully saturated rings. The standard InChI is InChI=1S/C40H34ClF7N8O5S/c1-38(2,55-11-12-61-37(55)58)10-9-22-5-6-23(24-7-8-27(41)31-33(24)54(3)52-36(31)53-62(4,59)60)32(49-22)28(15-19-13-20(42)16-21(43)14-19)50-29(57)18-56-35-30(34(51-56)40(46,47)48)25-17-26(25)39(35,44)45/h5-8,13-14,16,25-26,28H,11-12,15,17-18H2,1-4H3,(H,50,57)(H,52,53)/t25-,26+,28-/m0/s1. The van der Waals surface area contributed by atoms with E-state index in [0.29, 0.717) is 16.3 Å². The highest BCUT2D eigenvalue weighted by molar-refractivity contribution is 7.92. The molecule has 2 amide bonds. The Labute approximate surface area is 353 Å². The molecule has 0 unspecified atom stereocenters. The molecule has 5 aromatic rings. The van der Waals surface area contributed by atoms with Crippen molar-refractivity contribution in [3.63, 3.8) is 0 Å². The summed E-state index contributed by atoms with van der Waals surface area (Å²) < 4.78 is 136. The van der Waals surface area contributed by atoms with Crippen LogP contribution in [0.3, 0.4) is 0 Å². The van der Waals surface area contributed by atoms with E-state index in [1.54, 1.807) is 19.9 Å². The van der Waals surface area contributed by atoms with Crippen molar-refractivity contribution in [1.29, 1.82) is 0 Å². The maximum Gasteiger partial charge on any atom is 0.435 e. The zero-order valence-electron chi connectivity index (χ0n) is 33.0. The van der Waals surface area contributed by atoms with E-state index >= 15 is 8.78 Å². The van der Waals surface area contributed by atoms with Gasteiger partial charge in [-0.1, -0.05) is 23.6 Å². The number of carbonyl (C=O) groups excluding carboxylic acids is 2. The second-order valence-electron chi connectivity index (χ2n) is 15.8. The topological polar surface area (TPSA) is 153 Å². The summed E-state index contributed by atoms with van der Waals surface area (Å²) in [5.74, 6) is -3.43. The number of aromatic nitrogens is 5. The van der Waals surface area contributed by atoms with Crippen molar-refractivity contribution in [3.8, 4) is 23.0 Å². The maximum atomic E-state index is 15.5. The van der Waals surface area contributed by atoms with Gasteiger partial charge in [-0.25, -0.2) is 27.0 Å². The highest BCUT2D eigenvalue weighted by Gasteiger charge is 2.68. The number of pyridine rings is 1. The molecule has 0 radical (unpaired) electrons. The van der Waals surface area contributed by atoms with Gasteiger partial charge in [-0.15, -0.1) is 0 Å². The van der Waals surface area contributed by atoms with Crippen molar-refractivity contribution in [2.24, 2.45) is 13.0 Å². The summed E-state index contributed by atoms with van der Waals surface area (Å²) in [6.07, 6.45) is -5.36. The SMILES string of the molecule is Cn1nc(NS(C)(=O)=O)c2c(Cl)ccc(-c3ccc(C#CC(C)(C)N4CCOC4=O)nc3[C@H](Cc3cc(F)cc(F)c3)NC(=O)Cn3nc(C(F)(F)F)c4c3C(F)(F)[C@@H]3C[C@H]43)c21. The molecule has 0 spiro atoms. The number of rotatable bonds is 10. The van der Waals surface area contributed by atoms with Crippen LogP contribution >= 0.6 is 11.6 Å². The van der Waals surface area contributed by atoms with Crippen LogP contribution < -0.4 is 10.0 Å². The molecular weight excluding hydrogens is 873 g/mol. The van der Waals surface area contributed by atoms with E-state index in [4.69, 9.17) is 21.3 Å². The minimum atomic E-state index is -5.10. The number of carbonyl (C=O) groups is 2. The van der Waals surface area contributed by atoms with Gasteiger partial charge in [0.25, 0.3) is 5.92 Å². The van der Waals surface area contributed by atoms with Crippen LogP contribution in [0.25, 0.3) is 22.0 Å². The van der Waals surface area contributed by atoms with Gasteiger partial charge in [-0.3, -0.25) is 23.8 Å². The lowest BCUT2D eigenvalue weighted by Crippen LogP contribution is -2.43. The molecule has 2 N–H and O–H groups in total. The maximum absolute atomic E-state index is 15.5. The van der Waals surface area contributed by atoms with Crippen molar-refractivity contribution < 1.29 is 53.5 Å². The number of hydrogen-bond donors (Lipinski definition) is 2. The molecule has 1 saturated carbocycles. The predicted octanol–water partition coefficient (Wildman–Crippen LogP) is 7.05. The minimum Gasteiger partial charge on any atom is -0.447 e. The Morgan fingerprint density at radius 1 is 1.08 bits per heavy atom. The Morgan fingerprint density at radius 2 is 1.77 bits per heavy atom. The Bertz CT molecular complexity index is 2870. The molecule has 0 bridgehead atoms. The van der Waals surface area contributed by atoms with Gasteiger partial charge in [-0.05, 0) is 74.4 Å². The lowest BCUT2D eigenvalue weighted by Gasteiger charge is -2.27. The monoisotopic (exact) mass is 906 g/mol. The number of fused-ring (bicyclic) bond motifs is 4. The van der Waals surface area contributed by atoms with E-state index in [1.807, 2.05) is 0 Å². The van der Waals surface area contributed by atoms with Crippen molar-refractivity contribution in [2.75, 3.05) is 24.1 Å². The second-order valence-corrected chi connectivity index (χ2v) is 18.0. The van der Waals surface area contributed by atoms with Crippen LogP contribution in [0.4, 0.5) is 41.3 Å². The van der Waals surface area contributed by atoms with E-state index in [1.165, 1.54) is 34.8 Å². The van der Waals surface area contributed by atoms with E-state index in [9.17, 15) is 40.0 Å². The fourth-order valence-corrected chi connectivity index (χ4v) is 8.95. The molecule has 4 heterocycles. The van der Waals surface area contributed by atoms with Gasteiger partial charge in [-0.2, -0.15) is 32.1 Å². The molecule has 1 aliphatic heterocycles. The molecule has 62 heavy (non-hydrogen) atoms. The highest BCUT2D eigenvalue weighted by Crippen LogP contribution is 2.68. The Balaban J connectivity index is 1.28. The van der Waals surface area contributed by atoms with Gasteiger partial charge in [0.2, 0.25) is 15.9 Å². The van der Waals surface area contributed by atoms with Crippen LogP contribution in [-0.2, 0) is 51.7 Å². The van der Waals surface area contributed by atoms with Gasteiger partial charge < -0.3 is 10.1 Å². The van der Waals surface area contributed by atoms with Gasteiger partial charge >= 0.3 is 12.3 Å². The number of benzene rings is 2. The first kappa shape index (κ1) is 42.8. The number of aryl methyl sites for hydroxylation is 1. The molecule has 2 aromatic carbocycles. The van der Waals surface area contributed by atoms with Crippen LogP contribution in [0.2, 0.25) is 5.02 Å². The van der Waals surface area contributed by atoms with Crippen molar-refractivity contribution in [2.45, 2.75) is 62.8 Å². The van der Waals surface area contributed by atoms with Gasteiger partial charge in [0.05, 0.1) is 40.5 Å². The quantitative estimate of drug-likeness (QED) is 0.112. The zero-order chi connectivity index (χ0) is 44.8. The van der Waals surface area contributed by atoms with Gasteiger partial charge in [0.15, 0.2) is 11.5 Å². The fraction of sp³-hybridized carbons (Fsp3) is 0.375. The largest absolute Gasteiger partial charge is 0.447 e. The fourth-order valence-electron chi connectivity index (χ4n) is 8.22. The first-order valence-corrected chi connectivity index (χ1v) is 21.1. The third kappa shape index (κ3) is 7.89. The highest BCUT2D eigenvalue weighted by atomic mass is 35.5. The summed E-state index contributed by atoms with van der Waals surface area (Å²) in [5.41, 5.74) is -3.48. The molecule has 8 rings (SSSR count). The summed E-state index contributed by atoms with van der Waals surface area (Å²) >= 11 is 6.61. The third-order valence-electron chi connectivity index (χ3n) is 10.9. The average molecular weight is 907 g/mol. The summed E-state index contributed by atoms with van der Waals surface area (Å²) in [6, 6.07) is 7.19. The van der Waals surface area contributed by atoms with Crippen molar-refractivity contribution in [3.05, 3.63) is 93.0 Å². The molecule has 1 saturated heterocycles. The summed E-state index contributed by atoms with van der Waals surface area (Å²) in [7, 11) is -2.37. The molecule has 2 aliphatic carbocycles. The number of ether oxygens (including phenoxy) is 1. The summed E-state index contributed by atoms with van der Waals surface area (Å²) in [4.78, 5) is 32.6. The lowest BCUT2D eigenvalue weighted by atomic mass is 9.93. The van der Waals surface area contributed by atoms with E-state index in [-0.39, 0.29) is 63.8 Å². The van der Waals surface area contributed by atoms with Crippen LogP contribution in [0.15, 0.2) is 42.5 Å². The molecule has 3 aromatic heterocycles. The Morgan fingerprint density at radius 3 is 2.42 bits per heavy atom. The molecule has 326 valence electrons. The molecular formula is C40H34ClF7N8O5S. The molecule has 13 nitrogen and oxygen atoms in total. The number of nitrogens with zero attached hydrogens (tertiary/aromatic N) is 6. The number of cyclic esters (lactones) is 1. The molecule has 22 heteroatoms. The van der Waals surface area contributed by atoms with E-state index in [0.717, 1.165) is 18.4 Å². The molecule has 3 aliphatic rings. The minimum absolute atomic E-state index is 0.0156. The predicted molar refractivity (Wildman–Crippen MR) is 209 cm³/mol. The van der Waals surface area contributed by atoms with E-state index in [2.05, 4.69) is 32.1 Å². The first-order valence-electron chi connectivity index (χ1n) is 18.9. The molecule has 3 atom stereocenters. The number of sulfonamides is 1. The summed E-state index contributed by atoms with van der Waals surface area (Å²) in [6.45, 7) is 2.62. The van der Waals surface area contributed by atoms with Crippen molar-refractivity contribution in [1.82, 2.24) is 34.8 Å². The van der Waals surface area contributed by atoms with Crippen molar-refractivity contribution >= 4 is 50.3 Å². The number of amides is 2. The van der Waals surface area contributed by atoms with Crippen LogP contribution in [0.1, 0.15) is 66.1 Å². The van der Waals surface area contributed by atoms with Crippen LogP contribution in [0, 0.1) is 29.4 Å². The number of nitrogens with one attached hydrogen (secondary N) is 2. The number of hydrogen-bond acceptors (Lipinski definition) is 8.